The molecule has 1 atom stereocenters. The highest BCUT2D eigenvalue weighted by Gasteiger charge is 2.19. The van der Waals surface area contributed by atoms with Gasteiger partial charge in [-0.1, -0.05) is 27.7 Å². The average molecular weight is 206 g/mol. The SMILES string of the molecule is CC1CCn2cc(CC(C)(C)C)nc2C1. The van der Waals surface area contributed by atoms with Gasteiger partial charge >= 0.3 is 0 Å². The van der Waals surface area contributed by atoms with Crippen molar-refractivity contribution in [3.05, 3.63) is 17.7 Å². The maximum Gasteiger partial charge on any atom is 0.109 e. The molecule has 2 heteroatoms. The molecule has 0 aromatic carbocycles. The van der Waals surface area contributed by atoms with Crippen LogP contribution >= 0.6 is 0 Å². The maximum atomic E-state index is 4.75. The standard InChI is InChI=1S/C13H22N2/c1-10-5-6-15-9-11(8-13(2,3)4)14-12(15)7-10/h9-10H,5-8H2,1-4H3. The zero-order valence-electron chi connectivity index (χ0n) is 10.4. The normalized spacial score (nSPS) is 21.5. The Labute approximate surface area is 92.7 Å². The van der Waals surface area contributed by atoms with E-state index in [2.05, 4.69) is 38.5 Å². The first kappa shape index (κ1) is 10.7. The summed E-state index contributed by atoms with van der Waals surface area (Å²) in [7, 11) is 0. The van der Waals surface area contributed by atoms with Crippen LogP contribution in [0.1, 0.15) is 45.6 Å². The molecule has 0 saturated heterocycles. The minimum absolute atomic E-state index is 0.343. The quantitative estimate of drug-likeness (QED) is 0.690. The molecule has 2 heterocycles. The number of fused-ring (bicyclic) bond motifs is 1. The van der Waals surface area contributed by atoms with Crippen LogP contribution in [0.15, 0.2) is 6.20 Å². The lowest BCUT2D eigenvalue weighted by molar-refractivity contribution is 0.406. The van der Waals surface area contributed by atoms with Gasteiger partial charge in [-0.15, -0.1) is 0 Å². The highest BCUT2D eigenvalue weighted by atomic mass is 15.1. The molecule has 1 unspecified atom stereocenters. The molecule has 0 saturated carbocycles. The van der Waals surface area contributed by atoms with E-state index in [0.717, 1.165) is 25.3 Å². The van der Waals surface area contributed by atoms with E-state index in [1.165, 1.54) is 17.9 Å². The van der Waals surface area contributed by atoms with Crippen LogP contribution in [0.3, 0.4) is 0 Å². The van der Waals surface area contributed by atoms with Gasteiger partial charge in [0.1, 0.15) is 5.82 Å². The summed E-state index contributed by atoms with van der Waals surface area (Å²) >= 11 is 0. The summed E-state index contributed by atoms with van der Waals surface area (Å²) in [5.74, 6) is 2.11. The van der Waals surface area contributed by atoms with Crippen LogP contribution in [0.25, 0.3) is 0 Å². The van der Waals surface area contributed by atoms with Crippen molar-refractivity contribution in [1.29, 1.82) is 0 Å². The highest BCUT2D eigenvalue weighted by molar-refractivity contribution is 5.08. The molecule has 1 aliphatic heterocycles. The van der Waals surface area contributed by atoms with Gasteiger partial charge in [0.25, 0.3) is 0 Å². The lowest BCUT2D eigenvalue weighted by Crippen LogP contribution is -2.16. The summed E-state index contributed by atoms with van der Waals surface area (Å²) in [5.41, 5.74) is 1.61. The smallest absolute Gasteiger partial charge is 0.109 e. The Morgan fingerprint density at radius 3 is 2.87 bits per heavy atom. The van der Waals surface area contributed by atoms with Crippen LogP contribution < -0.4 is 0 Å². The summed E-state index contributed by atoms with van der Waals surface area (Å²) in [6.45, 7) is 10.3. The molecule has 1 aromatic rings. The maximum absolute atomic E-state index is 4.75. The Hall–Kier alpha value is -0.790. The molecule has 1 aromatic heterocycles. The first-order chi connectivity index (χ1) is 6.94. The molecule has 0 amide bonds. The topological polar surface area (TPSA) is 17.8 Å². The fraction of sp³-hybridized carbons (Fsp3) is 0.769. The van der Waals surface area contributed by atoms with Crippen LogP contribution in [-0.2, 0) is 19.4 Å². The fourth-order valence-electron chi connectivity index (χ4n) is 2.27. The zero-order valence-corrected chi connectivity index (χ0v) is 10.4. The van der Waals surface area contributed by atoms with Gasteiger partial charge in [0.15, 0.2) is 0 Å². The summed E-state index contributed by atoms with van der Waals surface area (Å²) in [6, 6.07) is 0. The third-order valence-corrected chi connectivity index (χ3v) is 3.01. The van der Waals surface area contributed by atoms with Crippen molar-refractivity contribution in [3.8, 4) is 0 Å². The second-order valence-corrected chi connectivity index (χ2v) is 6.18. The molecule has 84 valence electrons. The third kappa shape index (κ3) is 2.61. The monoisotopic (exact) mass is 206 g/mol. The van der Waals surface area contributed by atoms with Crippen molar-refractivity contribution >= 4 is 0 Å². The predicted octanol–water partition coefficient (Wildman–Crippen LogP) is 3.05. The van der Waals surface area contributed by atoms with Gasteiger partial charge in [-0.2, -0.15) is 0 Å². The van der Waals surface area contributed by atoms with Crippen LogP contribution in [-0.4, -0.2) is 9.55 Å². The first-order valence-electron chi connectivity index (χ1n) is 5.99. The molecule has 0 spiro atoms. The molecule has 0 radical (unpaired) electrons. The van der Waals surface area contributed by atoms with Crippen molar-refractivity contribution in [3.63, 3.8) is 0 Å². The summed E-state index contributed by atoms with van der Waals surface area (Å²) < 4.78 is 2.35. The van der Waals surface area contributed by atoms with E-state index in [0.29, 0.717) is 5.41 Å². The van der Waals surface area contributed by atoms with Crippen molar-refractivity contribution in [2.45, 2.75) is 53.5 Å². The van der Waals surface area contributed by atoms with E-state index in [-0.39, 0.29) is 0 Å². The Kier molecular flexibility index (Phi) is 2.61. The zero-order chi connectivity index (χ0) is 11.1. The van der Waals surface area contributed by atoms with Gasteiger partial charge in [0.2, 0.25) is 0 Å². The minimum Gasteiger partial charge on any atom is -0.335 e. The van der Waals surface area contributed by atoms with E-state index in [9.17, 15) is 0 Å². The largest absolute Gasteiger partial charge is 0.335 e. The minimum atomic E-state index is 0.343. The molecular formula is C13H22N2. The highest BCUT2D eigenvalue weighted by Crippen LogP contribution is 2.24. The van der Waals surface area contributed by atoms with Crippen molar-refractivity contribution in [2.24, 2.45) is 11.3 Å². The van der Waals surface area contributed by atoms with E-state index < -0.39 is 0 Å². The van der Waals surface area contributed by atoms with Crippen molar-refractivity contribution in [1.82, 2.24) is 9.55 Å². The van der Waals surface area contributed by atoms with E-state index in [1.807, 2.05) is 0 Å². The van der Waals surface area contributed by atoms with Crippen LogP contribution in [0, 0.1) is 11.3 Å². The van der Waals surface area contributed by atoms with Gasteiger partial charge < -0.3 is 4.57 Å². The van der Waals surface area contributed by atoms with Gasteiger partial charge in [0.05, 0.1) is 5.69 Å². The Morgan fingerprint density at radius 2 is 2.20 bits per heavy atom. The number of rotatable bonds is 1. The Bertz CT molecular complexity index is 344. The number of hydrogen-bond donors (Lipinski definition) is 0. The molecule has 0 aliphatic carbocycles. The number of hydrogen-bond acceptors (Lipinski definition) is 1. The first-order valence-corrected chi connectivity index (χ1v) is 5.99. The van der Waals surface area contributed by atoms with E-state index in [1.54, 1.807) is 0 Å². The van der Waals surface area contributed by atoms with Crippen molar-refractivity contribution in [2.75, 3.05) is 0 Å². The second kappa shape index (κ2) is 3.66. The lowest BCUT2D eigenvalue weighted by atomic mass is 9.91. The van der Waals surface area contributed by atoms with Gasteiger partial charge in [-0.25, -0.2) is 4.98 Å². The average Bonchev–Trinajstić information content (AvgIpc) is 2.42. The molecular weight excluding hydrogens is 184 g/mol. The second-order valence-electron chi connectivity index (χ2n) is 6.18. The summed E-state index contributed by atoms with van der Waals surface area (Å²) in [6.07, 6.45) is 5.80. The van der Waals surface area contributed by atoms with Gasteiger partial charge in [0, 0.05) is 19.2 Å². The number of imidazole rings is 1. The van der Waals surface area contributed by atoms with Gasteiger partial charge in [-0.3, -0.25) is 0 Å². The molecule has 1 aliphatic rings. The predicted molar refractivity (Wildman–Crippen MR) is 62.9 cm³/mol. The lowest BCUT2D eigenvalue weighted by Gasteiger charge is -2.18. The van der Waals surface area contributed by atoms with Crippen molar-refractivity contribution < 1.29 is 0 Å². The van der Waals surface area contributed by atoms with E-state index >= 15 is 0 Å². The van der Waals surface area contributed by atoms with Gasteiger partial charge in [-0.05, 0) is 24.2 Å². The molecule has 15 heavy (non-hydrogen) atoms. The molecule has 2 rings (SSSR count). The molecule has 0 fully saturated rings. The summed E-state index contributed by atoms with van der Waals surface area (Å²) in [5, 5.41) is 0. The third-order valence-electron chi connectivity index (χ3n) is 3.01. The van der Waals surface area contributed by atoms with Crippen LogP contribution in [0.5, 0.6) is 0 Å². The van der Waals surface area contributed by atoms with E-state index in [4.69, 9.17) is 4.98 Å². The number of aromatic nitrogens is 2. The number of aryl methyl sites for hydroxylation is 1. The Morgan fingerprint density at radius 1 is 1.47 bits per heavy atom. The molecule has 0 N–H and O–H groups in total. The fourth-order valence-corrected chi connectivity index (χ4v) is 2.27. The van der Waals surface area contributed by atoms with Crippen LogP contribution in [0.4, 0.5) is 0 Å². The summed E-state index contributed by atoms with van der Waals surface area (Å²) in [4.78, 5) is 4.75. The number of nitrogens with zero attached hydrogens (tertiary/aromatic N) is 2. The van der Waals surface area contributed by atoms with Crippen LogP contribution in [0.2, 0.25) is 0 Å². The molecule has 0 bridgehead atoms. The molecule has 2 nitrogen and oxygen atoms in total. The Balaban J connectivity index is 2.16.